The first-order chi connectivity index (χ1) is 17.0. The summed E-state index contributed by atoms with van der Waals surface area (Å²) in [6.45, 7) is 4.05. The first-order valence-corrected chi connectivity index (χ1v) is 11.9. The SMILES string of the molecule is CCOc1ccc(-n2c(=O)c3sc4ncccc4c3n(CC(=O)Nc3cccc(C)c3)c2=O)cc1. The van der Waals surface area contributed by atoms with Crippen molar-refractivity contribution in [1.82, 2.24) is 14.1 Å². The lowest BCUT2D eigenvalue weighted by Gasteiger charge is -2.13. The predicted octanol–water partition coefficient (Wildman–Crippen LogP) is 4.11. The Morgan fingerprint density at radius 1 is 1.09 bits per heavy atom. The van der Waals surface area contributed by atoms with Gasteiger partial charge in [0.05, 0.1) is 17.8 Å². The van der Waals surface area contributed by atoms with Crippen LogP contribution >= 0.6 is 11.3 Å². The summed E-state index contributed by atoms with van der Waals surface area (Å²) < 4.78 is 8.27. The molecule has 0 spiro atoms. The van der Waals surface area contributed by atoms with Crippen LogP contribution in [0.1, 0.15) is 12.5 Å². The van der Waals surface area contributed by atoms with Crippen molar-refractivity contribution in [3.8, 4) is 11.4 Å². The molecule has 0 radical (unpaired) electrons. The Bertz CT molecular complexity index is 1680. The van der Waals surface area contributed by atoms with Gasteiger partial charge in [-0.05, 0) is 67.9 Å². The molecule has 1 amide bonds. The number of ether oxygens (including phenoxy) is 1. The minimum atomic E-state index is -0.602. The van der Waals surface area contributed by atoms with Crippen LogP contribution in [-0.4, -0.2) is 26.6 Å². The number of aromatic nitrogens is 3. The number of anilines is 1. The quantitative estimate of drug-likeness (QED) is 0.390. The molecule has 8 nitrogen and oxygen atoms in total. The first-order valence-electron chi connectivity index (χ1n) is 11.1. The summed E-state index contributed by atoms with van der Waals surface area (Å²) in [5.41, 5.74) is 1.39. The van der Waals surface area contributed by atoms with Crippen molar-refractivity contribution in [2.75, 3.05) is 11.9 Å². The maximum Gasteiger partial charge on any atom is 0.336 e. The molecule has 2 aromatic carbocycles. The minimum Gasteiger partial charge on any atom is -0.494 e. The van der Waals surface area contributed by atoms with Crippen molar-refractivity contribution >= 4 is 43.4 Å². The molecule has 5 aromatic rings. The molecule has 0 saturated heterocycles. The lowest BCUT2D eigenvalue weighted by Crippen LogP contribution is -2.40. The number of rotatable bonds is 6. The Kier molecular flexibility index (Phi) is 5.92. The zero-order valence-corrected chi connectivity index (χ0v) is 20.0. The van der Waals surface area contributed by atoms with Crippen LogP contribution in [0.4, 0.5) is 5.69 Å². The van der Waals surface area contributed by atoms with Crippen molar-refractivity contribution in [2.45, 2.75) is 20.4 Å². The normalized spacial score (nSPS) is 11.1. The predicted molar refractivity (Wildman–Crippen MR) is 138 cm³/mol. The van der Waals surface area contributed by atoms with Gasteiger partial charge in [0.1, 0.15) is 21.8 Å². The Balaban J connectivity index is 1.68. The van der Waals surface area contributed by atoms with Crippen molar-refractivity contribution in [3.63, 3.8) is 0 Å². The molecule has 1 N–H and O–H groups in total. The van der Waals surface area contributed by atoms with Gasteiger partial charge in [-0.3, -0.25) is 14.2 Å². The highest BCUT2D eigenvalue weighted by Gasteiger charge is 2.21. The summed E-state index contributed by atoms with van der Waals surface area (Å²) in [5.74, 6) is 0.258. The molecule has 9 heteroatoms. The van der Waals surface area contributed by atoms with Gasteiger partial charge in [-0.15, -0.1) is 11.3 Å². The van der Waals surface area contributed by atoms with E-state index in [9.17, 15) is 14.4 Å². The van der Waals surface area contributed by atoms with Gasteiger partial charge < -0.3 is 10.1 Å². The molecule has 3 aromatic heterocycles. The van der Waals surface area contributed by atoms with E-state index < -0.39 is 11.2 Å². The second kappa shape index (κ2) is 9.19. The average molecular weight is 487 g/mol. The van der Waals surface area contributed by atoms with Crippen LogP contribution in [0.5, 0.6) is 5.75 Å². The third-order valence-corrected chi connectivity index (χ3v) is 6.63. The largest absolute Gasteiger partial charge is 0.494 e. The van der Waals surface area contributed by atoms with E-state index in [4.69, 9.17) is 4.74 Å². The lowest BCUT2D eigenvalue weighted by atomic mass is 10.2. The van der Waals surface area contributed by atoms with E-state index in [1.807, 2.05) is 32.0 Å². The van der Waals surface area contributed by atoms with Crippen LogP contribution in [0.3, 0.4) is 0 Å². The van der Waals surface area contributed by atoms with Gasteiger partial charge in [0, 0.05) is 17.3 Å². The van der Waals surface area contributed by atoms with Gasteiger partial charge >= 0.3 is 5.69 Å². The second-order valence-electron chi connectivity index (χ2n) is 7.99. The second-order valence-corrected chi connectivity index (χ2v) is 8.99. The zero-order chi connectivity index (χ0) is 24.5. The average Bonchev–Trinajstić information content (AvgIpc) is 3.23. The molecule has 0 fully saturated rings. The maximum absolute atomic E-state index is 13.7. The van der Waals surface area contributed by atoms with Gasteiger partial charge in [-0.2, -0.15) is 0 Å². The number of pyridine rings is 1. The van der Waals surface area contributed by atoms with Crippen molar-refractivity contribution in [1.29, 1.82) is 0 Å². The highest BCUT2D eigenvalue weighted by atomic mass is 32.1. The van der Waals surface area contributed by atoms with Crippen LogP contribution < -0.4 is 21.3 Å². The number of hydrogen-bond donors (Lipinski definition) is 1. The molecule has 5 rings (SSSR count). The third-order valence-electron chi connectivity index (χ3n) is 5.54. The molecule has 0 unspecified atom stereocenters. The van der Waals surface area contributed by atoms with Gasteiger partial charge in [0.15, 0.2) is 0 Å². The molecule has 0 aliphatic rings. The molecule has 3 heterocycles. The van der Waals surface area contributed by atoms with Gasteiger partial charge in [-0.25, -0.2) is 14.3 Å². The monoisotopic (exact) mass is 486 g/mol. The summed E-state index contributed by atoms with van der Waals surface area (Å²) in [4.78, 5) is 45.2. The highest BCUT2D eigenvalue weighted by Crippen LogP contribution is 2.29. The summed E-state index contributed by atoms with van der Waals surface area (Å²) >= 11 is 1.20. The van der Waals surface area contributed by atoms with Crippen LogP contribution in [0.25, 0.3) is 26.1 Å². The molecule has 0 bridgehead atoms. The van der Waals surface area contributed by atoms with E-state index in [1.165, 1.54) is 15.9 Å². The van der Waals surface area contributed by atoms with E-state index in [2.05, 4.69) is 10.3 Å². The fourth-order valence-electron chi connectivity index (χ4n) is 4.04. The number of nitrogens with one attached hydrogen (secondary N) is 1. The van der Waals surface area contributed by atoms with Crippen LogP contribution in [-0.2, 0) is 11.3 Å². The number of benzene rings is 2. The van der Waals surface area contributed by atoms with Crippen molar-refractivity contribution < 1.29 is 9.53 Å². The lowest BCUT2D eigenvalue weighted by molar-refractivity contribution is -0.116. The smallest absolute Gasteiger partial charge is 0.336 e. The molecule has 176 valence electrons. The molecule has 0 aliphatic carbocycles. The number of amides is 1. The van der Waals surface area contributed by atoms with Crippen LogP contribution in [0.2, 0.25) is 0 Å². The number of hydrogen-bond acceptors (Lipinski definition) is 6. The van der Waals surface area contributed by atoms with Crippen LogP contribution in [0, 0.1) is 6.92 Å². The number of nitrogens with zero attached hydrogens (tertiary/aromatic N) is 3. The Labute approximate surface area is 204 Å². The Morgan fingerprint density at radius 2 is 1.89 bits per heavy atom. The topological polar surface area (TPSA) is 95.2 Å². The standard InChI is InChI=1S/C26H22N4O4S/c1-3-34-19-11-9-18(10-12-19)30-25(32)23-22(20-8-5-13-27-24(20)35-23)29(26(30)33)15-21(31)28-17-7-4-6-16(2)14-17/h4-14H,3,15H2,1-2H3,(H,28,31). The van der Waals surface area contributed by atoms with E-state index in [1.54, 1.807) is 48.7 Å². The molecule has 0 atom stereocenters. The van der Waals surface area contributed by atoms with E-state index in [0.29, 0.717) is 44.2 Å². The number of carbonyl (C=O) groups excluding carboxylic acids is 1. The van der Waals surface area contributed by atoms with E-state index in [0.717, 1.165) is 10.1 Å². The minimum absolute atomic E-state index is 0.263. The van der Waals surface area contributed by atoms with Crippen LogP contribution in [0.15, 0.2) is 76.4 Å². The Morgan fingerprint density at radius 3 is 2.63 bits per heavy atom. The molecule has 0 saturated carbocycles. The number of carbonyl (C=O) groups is 1. The summed E-state index contributed by atoms with van der Waals surface area (Å²) in [6, 6.07) is 17.7. The third kappa shape index (κ3) is 4.22. The van der Waals surface area contributed by atoms with Crippen molar-refractivity contribution in [2.24, 2.45) is 0 Å². The molecular formula is C26H22N4O4S. The fraction of sp³-hybridized carbons (Fsp3) is 0.154. The van der Waals surface area contributed by atoms with Gasteiger partial charge in [0.25, 0.3) is 5.56 Å². The van der Waals surface area contributed by atoms with Gasteiger partial charge in [-0.1, -0.05) is 12.1 Å². The van der Waals surface area contributed by atoms with Gasteiger partial charge in [0.2, 0.25) is 5.91 Å². The number of fused-ring (bicyclic) bond motifs is 3. The molecule has 35 heavy (non-hydrogen) atoms. The first kappa shape index (κ1) is 22.5. The maximum atomic E-state index is 13.7. The number of thiophene rings is 1. The number of aryl methyl sites for hydroxylation is 1. The fourth-order valence-corrected chi connectivity index (χ4v) is 5.11. The summed E-state index contributed by atoms with van der Waals surface area (Å²) in [7, 11) is 0. The highest BCUT2D eigenvalue weighted by molar-refractivity contribution is 7.25. The Hall–Kier alpha value is -4.24. The van der Waals surface area contributed by atoms with E-state index in [-0.39, 0.29) is 12.5 Å². The molecular weight excluding hydrogens is 464 g/mol. The summed E-state index contributed by atoms with van der Waals surface area (Å²) in [6.07, 6.45) is 1.63. The van der Waals surface area contributed by atoms with E-state index >= 15 is 0 Å². The van der Waals surface area contributed by atoms with Crippen molar-refractivity contribution in [3.05, 3.63) is 93.3 Å². The zero-order valence-electron chi connectivity index (χ0n) is 19.1. The summed E-state index contributed by atoms with van der Waals surface area (Å²) in [5, 5.41) is 3.50. The molecule has 0 aliphatic heterocycles.